The molecule has 2 aliphatic heterocycles. The highest BCUT2D eigenvalue weighted by Gasteiger charge is 2.46. The summed E-state index contributed by atoms with van der Waals surface area (Å²) in [7, 11) is -3.23. The number of carbonyl (C=O) groups is 1. The molecule has 2 aliphatic rings. The Bertz CT molecular complexity index is 1960. The van der Waals surface area contributed by atoms with E-state index in [0.29, 0.717) is 30.7 Å². The van der Waals surface area contributed by atoms with Gasteiger partial charge in [-0.3, -0.25) is 9.36 Å². The first-order valence-electron chi connectivity index (χ1n) is 18.5. The minimum atomic E-state index is -3.51. The minimum Gasteiger partial charge on any atom is -0.444 e. The average Bonchev–Trinajstić information content (AvgIpc) is 3.11. The summed E-state index contributed by atoms with van der Waals surface area (Å²) in [6.07, 6.45) is 4.64. The van der Waals surface area contributed by atoms with E-state index in [1.165, 1.54) is 27.9 Å². The number of nitrogens with zero attached hydrogens (tertiary/aromatic N) is 5. The molecule has 1 amide bonds. The number of aromatic nitrogens is 3. The third kappa shape index (κ3) is 9.73. The molecule has 0 aliphatic carbocycles. The quantitative estimate of drug-likeness (QED) is 0.144. The number of hydrogen-bond donors (Lipinski definition) is 1. The van der Waals surface area contributed by atoms with E-state index in [2.05, 4.69) is 21.9 Å². The fourth-order valence-corrected chi connectivity index (χ4v) is 8.02. The van der Waals surface area contributed by atoms with Gasteiger partial charge in [-0.05, 0) is 65.9 Å². The molecule has 1 atom stereocenters. The van der Waals surface area contributed by atoms with E-state index in [9.17, 15) is 18.0 Å². The molecule has 0 bridgehead atoms. The Kier molecular flexibility index (Phi) is 13.0. The van der Waals surface area contributed by atoms with Crippen molar-refractivity contribution in [2.24, 2.45) is 5.92 Å². The van der Waals surface area contributed by atoms with Crippen molar-refractivity contribution in [2.45, 2.75) is 83.9 Å². The summed E-state index contributed by atoms with van der Waals surface area (Å²) in [6, 6.07) is 4.69. The van der Waals surface area contributed by atoms with Crippen LogP contribution in [0.15, 0.2) is 48.0 Å². The second-order valence-corrected chi connectivity index (χ2v) is 17.2. The molecule has 0 radical (unpaired) electrons. The molecule has 296 valence electrons. The Labute approximate surface area is 314 Å². The van der Waals surface area contributed by atoms with Crippen molar-refractivity contribution >= 4 is 38.5 Å². The van der Waals surface area contributed by atoms with Crippen LogP contribution in [0.1, 0.15) is 77.0 Å². The van der Waals surface area contributed by atoms with Gasteiger partial charge in [0.05, 0.1) is 28.5 Å². The number of nitrogens with one attached hydrogen (secondary N) is 1. The Hall–Kier alpha value is -4.18. The highest BCUT2D eigenvalue weighted by molar-refractivity contribution is 7.91. The summed E-state index contributed by atoms with van der Waals surface area (Å²) in [4.78, 5) is 38.4. The molecule has 2 fully saturated rings. The third-order valence-corrected chi connectivity index (χ3v) is 11.4. The first-order valence-corrected chi connectivity index (χ1v) is 20.3. The van der Waals surface area contributed by atoms with Gasteiger partial charge in [0.25, 0.3) is 11.5 Å². The maximum Gasteiger partial charge on any atom is 0.410 e. The van der Waals surface area contributed by atoms with Crippen molar-refractivity contribution in [2.75, 3.05) is 61.1 Å². The van der Waals surface area contributed by atoms with Gasteiger partial charge in [0.2, 0.25) is 0 Å². The van der Waals surface area contributed by atoms with Crippen LogP contribution in [0.25, 0.3) is 11.0 Å². The van der Waals surface area contributed by atoms with E-state index in [-0.39, 0.29) is 79.7 Å². The van der Waals surface area contributed by atoms with Gasteiger partial charge in [-0.2, -0.15) is 0 Å². The van der Waals surface area contributed by atoms with Crippen molar-refractivity contribution in [3.05, 3.63) is 70.5 Å². The second kappa shape index (κ2) is 17.1. The lowest BCUT2D eigenvalue weighted by Gasteiger charge is -2.37. The van der Waals surface area contributed by atoms with E-state index in [4.69, 9.17) is 9.47 Å². The summed E-state index contributed by atoms with van der Waals surface area (Å²) in [5.74, 6) is -5.69. The maximum absolute atomic E-state index is 16.2. The van der Waals surface area contributed by atoms with Crippen LogP contribution in [0, 0.1) is 11.7 Å². The van der Waals surface area contributed by atoms with Crippen LogP contribution in [-0.2, 0) is 31.8 Å². The second-order valence-electron chi connectivity index (χ2n) is 14.9. The fraction of sp³-hybridized carbons (Fsp3) is 0.579. The molecule has 0 unspecified atom stereocenters. The SMILES string of the molecule is C=CCCCOCCCn1c(=O)c(N2CCS(=O)(=O)CC2)cc2c(N[C@H](C)c3cccc(C(F)(F)C4CCN(C(=O)OC(C)(C)C)CC4)c3F)ncnc21. The van der Waals surface area contributed by atoms with Crippen LogP contribution >= 0.6 is 0 Å². The molecule has 0 saturated carbocycles. The first kappa shape index (κ1) is 41.0. The topological polar surface area (TPSA) is 136 Å². The van der Waals surface area contributed by atoms with E-state index in [1.807, 2.05) is 6.08 Å². The molecule has 54 heavy (non-hydrogen) atoms. The van der Waals surface area contributed by atoms with Gasteiger partial charge in [0, 0.05) is 57.4 Å². The summed E-state index contributed by atoms with van der Waals surface area (Å²) in [5, 5.41) is 3.59. The molecule has 2 aromatic heterocycles. The highest BCUT2D eigenvalue weighted by Crippen LogP contribution is 2.44. The molecular weight excluding hydrogens is 726 g/mol. The maximum atomic E-state index is 16.2. The number of anilines is 2. The number of unbranched alkanes of at least 4 members (excludes halogenated alkanes) is 1. The number of benzene rings is 1. The standard InChI is InChI=1S/C38H51F3N6O6S/c1-6-7-8-20-52-21-10-15-47-34-29(24-31(35(47)48)45-18-22-54(50,51)23-19-45)33(42-25-43-34)44-26(2)28-11-9-12-30(32(28)39)38(40,41)27-13-16-46(17-14-27)36(49)53-37(3,4)5/h6,9,11-12,24-27H,1,7-8,10,13-23H2,2-5H3,(H,42,43,44)/t26-/m1/s1. The van der Waals surface area contributed by atoms with Crippen LogP contribution in [-0.4, -0.2) is 90.4 Å². The average molecular weight is 777 g/mol. The van der Waals surface area contributed by atoms with E-state index in [1.54, 1.807) is 38.7 Å². The smallest absolute Gasteiger partial charge is 0.410 e. The van der Waals surface area contributed by atoms with Gasteiger partial charge in [-0.15, -0.1) is 6.58 Å². The Morgan fingerprint density at radius 1 is 1.09 bits per heavy atom. The largest absolute Gasteiger partial charge is 0.444 e. The van der Waals surface area contributed by atoms with Crippen molar-refractivity contribution in [1.82, 2.24) is 19.4 Å². The molecule has 1 N–H and O–H groups in total. The summed E-state index contributed by atoms with van der Waals surface area (Å²) >= 11 is 0. The number of sulfone groups is 1. The van der Waals surface area contributed by atoms with E-state index >= 15 is 13.2 Å². The molecule has 0 spiro atoms. The molecule has 2 saturated heterocycles. The number of amides is 1. The molecule has 5 rings (SSSR count). The lowest BCUT2D eigenvalue weighted by atomic mass is 9.85. The van der Waals surface area contributed by atoms with Gasteiger partial charge < -0.3 is 24.6 Å². The zero-order chi connectivity index (χ0) is 39.3. The van der Waals surface area contributed by atoms with E-state index in [0.717, 1.165) is 18.9 Å². The Morgan fingerprint density at radius 3 is 2.44 bits per heavy atom. The molecule has 1 aromatic carbocycles. The number of fused-ring (bicyclic) bond motifs is 1. The first-order chi connectivity index (χ1) is 25.5. The van der Waals surface area contributed by atoms with Crippen LogP contribution in [0.5, 0.6) is 0 Å². The zero-order valence-corrected chi connectivity index (χ0v) is 32.3. The molecule has 3 aromatic rings. The summed E-state index contributed by atoms with van der Waals surface area (Å²) in [6.45, 7) is 12.1. The number of piperidine rings is 1. The van der Waals surface area contributed by atoms with Gasteiger partial charge in [0.15, 0.2) is 9.84 Å². The zero-order valence-electron chi connectivity index (χ0n) is 31.5. The van der Waals surface area contributed by atoms with Crippen LogP contribution < -0.4 is 15.8 Å². The monoisotopic (exact) mass is 776 g/mol. The molecular formula is C38H51F3N6O6S. The van der Waals surface area contributed by atoms with Crippen LogP contribution in [0.4, 0.5) is 29.5 Å². The van der Waals surface area contributed by atoms with Crippen molar-refractivity contribution in [1.29, 1.82) is 0 Å². The normalized spacial score (nSPS) is 17.4. The number of aryl methyl sites for hydroxylation is 1. The van der Waals surface area contributed by atoms with Gasteiger partial charge >= 0.3 is 6.09 Å². The predicted octanol–water partition coefficient (Wildman–Crippen LogP) is 6.45. The van der Waals surface area contributed by atoms with Crippen molar-refractivity contribution in [3.8, 4) is 0 Å². The lowest BCUT2D eigenvalue weighted by Crippen LogP contribution is -2.44. The molecule has 16 heteroatoms. The highest BCUT2D eigenvalue weighted by atomic mass is 32.2. The molecule has 12 nitrogen and oxygen atoms in total. The summed E-state index contributed by atoms with van der Waals surface area (Å²) < 4.78 is 85.3. The number of hydrogen-bond acceptors (Lipinski definition) is 10. The third-order valence-electron chi connectivity index (χ3n) is 9.78. The van der Waals surface area contributed by atoms with Gasteiger partial charge in [-0.1, -0.05) is 24.3 Å². The number of alkyl halides is 2. The van der Waals surface area contributed by atoms with Crippen molar-refractivity contribution < 1.29 is 35.9 Å². The molecule has 4 heterocycles. The minimum absolute atomic E-state index is 0.00601. The van der Waals surface area contributed by atoms with Gasteiger partial charge in [-0.25, -0.2) is 36.4 Å². The fourth-order valence-electron chi connectivity index (χ4n) is 6.82. The number of rotatable bonds is 14. The predicted molar refractivity (Wildman–Crippen MR) is 202 cm³/mol. The number of likely N-dealkylation sites (tertiary alicyclic amines) is 1. The number of carbonyl (C=O) groups excluding carboxylic acids is 1. The van der Waals surface area contributed by atoms with Gasteiger partial charge in [0.1, 0.15) is 34.9 Å². The van der Waals surface area contributed by atoms with E-state index < -0.39 is 50.8 Å². The van der Waals surface area contributed by atoms with Crippen molar-refractivity contribution in [3.63, 3.8) is 0 Å². The van der Waals surface area contributed by atoms with Crippen LogP contribution in [0.2, 0.25) is 0 Å². The number of allylic oxidation sites excluding steroid dienone is 1. The lowest BCUT2D eigenvalue weighted by molar-refractivity contribution is -0.0885. The van der Waals surface area contributed by atoms with Crippen LogP contribution in [0.3, 0.4) is 0 Å². The Balaban J connectivity index is 1.40. The summed E-state index contributed by atoms with van der Waals surface area (Å²) in [5.41, 5.74) is -1.20. The number of pyridine rings is 1. The number of halogens is 3. The Morgan fingerprint density at radius 2 is 1.78 bits per heavy atom. The number of ether oxygens (including phenoxy) is 2.